The van der Waals surface area contributed by atoms with Crippen molar-refractivity contribution in [2.45, 2.75) is 19.3 Å². The predicted molar refractivity (Wildman–Crippen MR) is 79.6 cm³/mol. The number of carbonyl (C=O) groups is 1. The maximum absolute atomic E-state index is 11.9. The van der Waals surface area contributed by atoms with Crippen LogP contribution in [0, 0.1) is 0 Å². The second-order valence-corrected chi connectivity index (χ2v) is 5.08. The normalized spacial score (nSPS) is 15.3. The molecule has 20 heavy (non-hydrogen) atoms. The highest BCUT2D eigenvalue weighted by molar-refractivity contribution is 5.76. The largest absolute Gasteiger partial charge is 0.381 e. The van der Waals surface area contributed by atoms with Crippen LogP contribution in [0.4, 0.5) is 0 Å². The maximum Gasteiger partial charge on any atom is 0.222 e. The summed E-state index contributed by atoms with van der Waals surface area (Å²) < 4.78 is 5.59. The van der Waals surface area contributed by atoms with Crippen molar-refractivity contribution < 1.29 is 9.53 Å². The third-order valence-electron chi connectivity index (χ3n) is 3.53. The molecule has 1 aromatic carbocycles. The van der Waals surface area contributed by atoms with E-state index in [1.54, 1.807) is 0 Å². The molecule has 4 nitrogen and oxygen atoms in total. The van der Waals surface area contributed by atoms with Crippen LogP contribution in [0.5, 0.6) is 0 Å². The molecule has 0 radical (unpaired) electrons. The van der Waals surface area contributed by atoms with E-state index in [1.165, 1.54) is 5.56 Å². The minimum atomic E-state index is 0.262. The fourth-order valence-corrected chi connectivity index (χ4v) is 2.33. The summed E-state index contributed by atoms with van der Waals surface area (Å²) in [5.41, 5.74) is 1.30. The fraction of sp³-hybridized carbons (Fsp3) is 0.562. The summed E-state index contributed by atoms with van der Waals surface area (Å²) in [5, 5.41) is 3.25. The van der Waals surface area contributed by atoms with Gasteiger partial charge in [0.15, 0.2) is 0 Å². The number of amides is 1. The van der Waals surface area contributed by atoms with Crippen molar-refractivity contribution in [2.24, 2.45) is 0 Å². The standard InChI is InChI=1S/C16H24N2O2/c19-16(18-11-9-17-10-12-18)7-4-13-20-14-8-15-5-2-1-3-6-15/h1-3,5-6,17H,4,7-14H2. The van der Waals surface area contributed by atoms with Crippen molar-refractivity contribution in [1.82, 2.24) is 10.2 Å². The summed E-state index contributed by atoms with van der Waals surface area (Å²) >= 11 is 0. The quantitative estimate of drug-likeness (QED) is 0.767. The lowest BCUT2D eigenvalue weighted by atomic mass is 10.2. The third kappa shape index (κ3) is 5.31. The molecule has 110 valence electrons. The van der Waals surface area contributed by atoms with Crippen LogP contribution in [-0.4, -0.2) is 50.2 Å². The average molecular weight is 276 g/mol. The molecule has 4 heteroatoms. The highest BCUT2D eigenvalue weighted by atomic mass is 16.5. The summed E-state index contributed by atoms with van der Waals surface area (Å²) in [6.07, 6.45) is 2.36. The molecule has 1 saturated heterocycles. The zero-order chi connectivity index (χ0) is 14.0. The molecule has 1 aromatic rings. The highest BCUT2D eigenvalue weighted by Gasteiger charge is 2.15. The van der Waals surface area contributed by atoms with Gasteiger partial charge in [0.25, 0.3) is 0 Å². The van der Waals surface area contributed by atoms with E-state index in [0.29, 0.717) is 13.0 Å². The first-order valence-corrected chi connectivity index (χ1v) is 7.46. The number of hydrogen-bond acceptors (Lipinski definition) is 3. The smallest absolute Gasteiger partial charge is 0.222 e. The first-order chi connectivity index (χ1) is 9.86. The number of benzene rings is 1. The number of ether oxygens (including phenoxy) is 1. The van der Waals surface area contributed by atoms with Crippen molar-refractivity contribution in [1.29, 1.82) is 0 Å². The molecule has 0 aromatic heterocycles. The summed E-state index contributed by atoms with van der Waals surface area (Å²) in [6, 6.07) is 10.3. The van der Waals surface area contributed by atoms with Crippen LogP contribution in [0.25, 0.3) is 0 Å². The third-order valence-corrected chi connectivity index (χ3v) is 3.53. The van der Waals surface area contributed by atoms with Gasteiger partial charge in [-0.05, 0) is 18.4 Å². The van der Waals surface area contributed by atoms with Gasteiger partial charge in [-0.3, -0.25) is 4.79 Å². The monoisotopic (exact) mass is 276 g/mol. The number of carbonyl (C=O) groups excluding carboxylic acids is 1. The van der Waals surface area contributed by atoms with Gasteiger partial charge >= 0.3 is 0 Å². The van der Waals surface area contributed by atoms with Crippen LogP contribution in [-0.2, 0) is 16.0 Å². The van der Waals surface area contributed by atoms with Crippen LogP contribution < -0.4 is 5.32 Å². The van der Waals surface area contributed by atoms with Gasteiger partial charge in [-0.25, -0.2) is 0 Å². The molecule has 1 fully saturated rings. The topological polar surface area (TPSA) is 41.6 Å². The van der Waals surface area contributed by atoms with E-state index in [9.17, 15) is 4.79 Å². The minimum absolute atomic E-state index is 0.262. The molecular formula is C16H24N2O2. The molecule has 0 spiro atoms. The second-order valence-electron chi connectivity index (χ2n) is 5.08. The van der Waals surface area contributed by atoms with Crippen LogP contribution in [0.1, 0.15) is 18.4 Å². The van der Waals surface area contributed by atoms with E-state index < -0.39 is 0 Å². The Balaban J connectivity index is 1.50. The summed E-state index contributed by atoms with van der Waals surface area (Å²) in [7, 11) is 0. The Bertz CT molecular complexity index is 389. The van der Waals surface area contributed by atoms with E-state index >= 15 is 0 Å². The number of hydrogen-bond donors (Lipinski definition) is 1. The first kappa shape index (κ1) is 15.0. The minimum Gasteiger partial charge on any atom is -0.381 e. The van der Waals surface area contributed by atoms with Gasteiger partial charge in [0, 0.05) is 39.2 Å². The zero-order valence-corrected chi connectivity index (χ0v) is 12.0. The summed E-state index contributed by atoms with van der Waals surface area (Å²) in [5.74, 6) is 0.262. The van der Waals surface area contributed by atoms with Crippen LogP contribution in [0.3, 0.4) is 0 Å². The lowest BCUT2D eigenvalue weighted by Gasteiger charge is -2.27. The molecule has 2 rings (SSSR count). The zero-order valence-electron chi connectivity index (χ0n) is 12.0. The van der Waals surface area contributed by atoms with E-state index in [0.717, 1.165) is 45.6 Å². The summed E-state index contributed by atoms with van der Waals surface area (Å²) in [4.78, 5) is 13.8. The number of nitrogens with zero attached hydrogens (tertiary/aromatic N) is 1. The highest BCUT2D eigenvalue weighted by Crippen LogP contribution is 2.02. The van der Waals surface area contributed by atoms with Crippen molar-refractivity contribution in [3.05, 3.63) is 35.9 Å². The maximum atomic E-state index is 11.9. The Morgan fingerprint density at radius 3 is 2.65 bits per heavy atom. The van der Waals surface area contributed by atoms with Gasteiger partial charge < -0.3 is 15.0 Å². The lowest BCUT2D eigenvalue weighted by molar-refractivity contribution is -0.132. The van der Waals surface area contributed by atoms with E-state index in [-0.39, 0.29) is 5.91 Å². The van der Waals surface area contributed by atoms with Crippen LogP contribution in [0.15, 0.2) is 30.3 Å². The average Bonchev–Trinajstić information content (AvgIpc) is 2.52. The van der Waals surface area contributed by atoms with Gasteiger partial charge in [-0.1, -0.05) is 30.3 Å². The Kier molecular flexibility index (Phi) is 6.54. The van der Waals surface area contributed by atoms with E-state index in [2.05, 4.69) is 17.4 Å². The number of nitrogens with one attached hydrogen (secondary N) is 1. The first-order valence-electron chi connectivity index (χ1n) is 7.46. The molecule has 0 aliphatic carbocycles. The Morgan fingerprint density at radius 2 is 1.90 bits per heavy atom. The molecule has 1 heterocycles. The fourth-order valence-electron chi connectivity index (χ4n) is 2.33. The van der Waals surface area contributed by atoms with Crippen molar-refractivity contribution in [3.8, 4) is 0 Å². The lowest BCUT2D eigenvalue weighted by Crippen LogP contribution is -2.46. The number of piperazine rings is 1. The van der Waals surface area contributed by atoms with Crippen molar-refractivity contribution in [2.75, 3.05) is 39.4 Å². The molecule has 1 amide bonds. The van der Waals surface area contributed by atoms with Gasteiger partial charge in [-0.2, -0.15) is 0 Å². The Morgan fingerprint density at radius 1 is 1.15 bits per heavy atom. The predicted octanol–water partition coefficient (Wildman–Crippen LogP) is 1.46. The molecule has 0 atom stereocenters. The molecule has 1 aliphatic rings. The van der Waals surface area contributed by atoms with Crippen LogP contribution in [0.2, 0.25) is 0 Å². The van der Waals surface area contributed by atoms with Crippen LogP contribution >= 0.6 is 0 Å². The molecule has 1 aliphatic heterocycles. The van der Waals surface area contributed by atoms with E-state index in [1.807, 2.05) is 23.1 Å². The van der Waals surface area contributed by atoms with Crippen molar-refractivity contribution >= 4 is 5.91 Å². The van der Waals surface area contributed by atoms with E-state index in [4.69, 9.17) is 4.74 Å². The van der Waals surface area contributed by atoms with Gasteiger partial charge in [0.05, 0.1) is 6.61 Å². The number of rotatable bonds is 7. The molecule has 0 unspecified atom stereocenters. The second kappa shape index (κ2) is 8.72. The van der Waals surface area contributed by atoms with Gasteiger partial charge in [0.1, 0.15) is 0 Å². The Hall–Kier alpha value is -1.39. The molecule has 1 N–H and O–H groups in total. The SMILES string of the molecule is O=C(CCCOCCc1ccccc1)N1CCNCC1. The Labute approximate surface area is 121 Å². The van der Waals surface area contributed by atoms with Crippen molar-refractivity contribution in [3.63, 3.8) is 0 Å². The molecular weight excluding hydrogens is 252 g/mol. The molecule has 0 saturated carbocycles. The van der Waals surface area contributed by atoms with Gasteiger partial charge in [0.2, 0.25) is 5.91 Å². The molecule has 0 bridgehead atoms. The van der Waals surface area contributed by atoms with Gasteiger partial charge in [-0.15, -0.1) is 0 Å². The summed E-state index contributed by atoms with van der Waals surface area (Å²) in [6.45, 7) is 4.91.